The summed E-state index contributed by atoms with van der Waals surface area (Å²) in [5, 5.41) is 3.47. The first-order valence-electron chi connectivity index (χ1n) is 7.54. The van der Waals surface area contributed by atoms with Gasteiger partial charge in [0, 0.05) is 38.1 Å². The van der Waals surface area contributed by atoms with Crippen molar-refractivity contribution in [1.82, 2.24) is 15.2 Å². The van der Waals surface area contributed by atoms with Crippen LogP contribution in [0.4, 0.5) is 4.79 Å². The van der Waals surface area contributed by atoms with Crippen LogP contribution in [-0.2, 0) is 11.2 Å². The zero-order valence-corrected chi connectivity index (χ0v) is 13.1. The molecule has 0 aliphatic carbocycles. The third kappa shape index (κ3) is 5.34. The zero-order valence-electron chi connectivity index (χ0n) is 13.1. The van der Waals surface area contributed by atoms with Crippen molar-refractivity contribution < 1.29 is 9.53 Å². The quantitative estimate of drug-likeness (QED) is 0.928. The van der Waals surface area contributed by atoms with E-state index in [0.717, 1.165) is 19.4 Å². The van der Waals surface area contributed by atoms with E-state index in [1.165, 1.54) is 5.56 Å². The number of carbonyl (C=O) groups excluding carboxylic acids is 1. The van der Waals surface area contributed by atoms with E-state index in [9.17, 15) is 4.79 Å². The van der Waals surface area contributed by atoms with Crippen LogP contribution in [0.1, 0.15) is 32.8 Å². The van der Waals surface area contributed by atoms with Crippen LogP contribution in [0.15, 0.2) is 24.5 Å². The number of amides is 1. The molecule has 1 aromatic rings. The molecule has 116 valence electrons. The predicted octanol–water partition coefficient (Wildman–Crippen LogP) is 2.22. The summed E-state index contributed by atoms with van der Waals surface area (Å²) in [6.07, 6.45) is 5.43. The molecular weight excluding hydrogens is 266 g/mol. The van der Waals surface area contributed by atoms with Crippen molar-refractivity contribution in [3.05, 3.63) is 30.1 Å². The third-order valence-electron chi connectivity index (χ3n) is 3.41. The fourth-order valence-electron chi connectivity index (χ4n) is 2.40. The van der Waals surface area contributed by atoms with Crippen molar-refractivity contribution in [3.8, 4) is 0 Å². The third-order valence-corrected chi connectivity index (χ3v) is 3.41. The van der Waals surface area contributed by atoms with Crippen molar-refractivity contribution in [2.75, 3.05) is 19.6 Å². The van der Waals surface area contributed by atoms with Gasteiger partial charge in [0.25, 0.3) is 0 Å². The van der Waals surface area contributed by atoms with Crippen LogP contribution < -0.4 is 5.32 Å². The van der Waals surface area contributed by atoms with Crippen molar-refractivity contribution in [1.29, 1.82) is 0 Å². The number of aryl methyl sites for hydroxylation is 1. The number of ether oxygens (including phenoxy) is 1. The Morgan fingerprint density at radius 3 is 3.00 bits per heavy atom. The fourth-order valence-corrected chi connectivity index (χ4v) is 2.40. The maximum atomic E-state index is 12.1. The van der Waals surface area contributed by atoms with Gasteiger partial charge >= 0.3 is 6.09 Å². The van der Waals surface area contributed by atoms with E-state index in [1.54, 1.807) is 11.1 Å². The molecule has 2 rings (SSSR count). The van der Waals surface area contributed by atoms with Gasteiger partial charge < -0.3 is 15.0 Å². The molecule has 0 bridgehead atoms. The molecule has 1 aliphatic heterocycles. The number of nitrogens with zero attached hydrogens (tertiary/aromatic N) is 2. The van der Waals surface area contributed by atoms with E-state index < -0.39 is 5.60 Å². The first kappa shape index (κ1) is 15.8. The maximum absolute atomic E-state index is 12.1. The normalized spacial score (nSPS) is 19.4. The summed E-state index contributed by atoms with van der Waals surface area (Å²) in [6, 6.07) is 4.35. The second-order valence-electron chi connectivity index (χ2n) is 6.48. The molecule has 0 spiro atoms. The van der Waals surface area contributed by atoms with Crippen molar-refractivity contribution in [2.24, 2.45) is 0 Å². The van der Waals surface area contributed by atoms with Gasteiger partial charge in [0.2, 0.25) is 0 Å². The highest BCUT2D eigenvalue weighted by molar-refractivity contribution is 5.68. The highest BCUT2D eigenvalue weighted by Gasteiger charge is 2.27. The van der Waals surface area contributed by atoms with Crippen LogP contribution in [0.2, 0.25) is 0 Å². The predicted molar refractivity (Wildman–Crippen MR) is 82.2 cm³/mol. The van der Waals surface area contributed by atoms with Gasteiger partial charge in [-0.3, -0.25) is 4.98 Å². The molecule has 1 N–H and O–H groups in total. The van der Waals surface area contributed by atoms with Gasteiger partial charge in [-0.1, -0.05) is 6.07 Å². The Morgan fingerprint density at radius 1 is 1.52 bits per heavy atom. The zero-order chi connectivity index (χ0) is 15.3. The number of piperazine rings is 1. The molecule has 1 atom stereocenters. The van der Waals surface area contributed by atoms with Crippen molar-refractivity contribution in [2.45, 2.75) is 45.3 Å². The maximum Gasteiger partial charge on any atom is 0.410 e. The molecule has 1 aromatic heterocycles. The Bertz CT molecular complexity index is 456. The molecular formula is C16H25N3O2. The lowest BCUT2D eigenvalue weighted by molar-refractivity contribution is 0.0193. The largest absolute Gasteiger partial charge is 0.444 e. The number of nitrogens with one attached hydrogen (secondary N) is 1. The highest BCUT2D eigenvalue weighted by Crippen LogP contribution is 2.13. The van der Waals surface area contributed by atoms with Crippen LogP contribution in [0.25, 0.3) is 0 Å². The second kappa shape index (κ2) is 6.89. The van der Waals surface area contributed by atoms with Crippen LogP contribution in [0.5, 0.6) is 0 Å². The van der Waals surface area contributed by atoms with E-state index in [4.69, 9.17) is 4.74 Å². The van der Waals surface area contributed by atoms with E-state index in [-0.39, 0.29) is 6.09 Å². The first-order chi connectivity index (χ1) is 9.94. The molecule has 2 heterocycles. The van der Waals surface area contributed by atoms with Crippen molar-refractivity contribution in [3.63, 3.8) is 0 Å². The molecule has 21 heavy (non-hydrogen) atoms. The van der Waals surface area contributed by atoms with Gasteiger partial charge in [-0.2, -0.15) is 0 Å². The standard InChI is InChI=1S/C16H25N3O2/c1-16(2,3)21-15(20)19-10-9-18-14(12-19)7-6-13-5-4-8-17-11-13/h4-5,8,11,14,18H,6-7,9-10,12H2,1-3H3. The molecule has 0 saturated carbocycles. The molecule has 1 fully saturated rings. The topological polar surface area (TPSA) is 54.5 Å². The number of hydrogen-bond donors (Lipinski definition) is 1. The molecule has 1 amide bonds. The number of hydrogen-bond acceptors (Lipinski definition) is 4. The lowest BCUT2D eigenvalue weighted by Crippen LogP contribution is -2.53. The van der Waals surface area contributed by atoms with Gasteiger partial charge in [-0.25, -0.2) is 4.79 Å². The lowest BCUT2D eigenvalue weighted by atomic mass is 10.1. The molecule has 0 aromatic carbocycles. The first-order valence-corrected chi connectivity index (χ1v) is 7.54. The summed E-state index contributed by atoms with van der Waals surface area (Å²) >= 11 is 0. The second-order valence-corrected chi connectivity index (χ2v) is 6.48. The monoisotopic (exact) mass is 291 g/mol. The minimum Gasteiger partial charge on any atom is -0.444 e. The van der Waals surface area contributed by atoms with Crippen LogP contribution in [0, 0.1) is 0 Å². The molecule has 5 heteroatoms. The molecule has 1 aliphatic rings. The van der Waals surface area contributed by atoms with Crippen molar-refractivity contribution >= 4 is 6.09 Å². The smallest absolute Gasteiger partial charge is 0.410 e. The van der Waals surface area contributed by atoms with Crippen LogP contribution in [0.3, 0.4) is 0 Å². The van der Waals surface area contributed by atoms with Crippen LogP contribution >= 0.6 is 0 Å². The number of pyridine rings is 1. The number of aromatic nitrogens is 1. The molecule has 5 nitrogen and oxygen atoms in total. The summed E-state index contributed by atoms with van der Waals surface area (Å²) < 4.78 is 5.44. The van der Waals surface area contributed by atoms with E-state index in [2.05, 4.69) is 16.4 Å². The van der Waals surface area contributed by atoms with Gasteiger partial charge in [-0.15, -0.1) is 0 Å². The number of carbonyl (C=O) groups is 1. The number of rotatable bonds is 3. The van der Waals surface area contributed by atoms with E-state index in [1.807, 2.05) is 33.0 Å². The van der Waals surface area contributed by atoms with E-state index in [0.29, 0.717) is 19.1 Å². The summed E-state index contributed by atoms with van der Waals surface area (Å²) in [4.78, 5) is 18.0. The van der Waals surface area contributed by atoms with Gasteiger partial charge in [-0.05, 0) is 45.2 Å². The van der Waals surface area contributed by atoms with Gasteiger partial charge in [0.1, 0.15) is 5.60 Å². The Morgan fingerprint density at radius 2 is 2.33 bits per heavy atom. The van der Waals surface area contributed by atoms with Gasteiger partial charge in [0.15, 0.2) is 0 Å². The lowest BCUT2D eigenvalue weighted by Gasteiger charge is -2.35. The Balaban J connectivity index is 1.82. The average molecular weight is 291 g/mol. The molecule has 0 radical (unpaired) electrons. The summed E-state index contributed by atoms with van der Waals surface area (Å²) in [6.45, 7) is 7.91. The Hall–Kier alpha value is -1.62. The minimum absolute atomic E-state index is 0.213. The molecule has 1 saturated heterocycles. The van der Waals surface area contributed by atoms with E-state index >= 15 is 0 Å². The Labute approximate surface area is 126 Å². The SMILES string of the molecule is CC(C)(C)OC(=O)N1CCNC(CCc2cccnc2)C1. The molecule has 1 unspecified atom stereocenters. The summed E-state index contributed by atoms with van der Waals surface area (Å²) in [5.41, 5.74) is 0.793. The fraction of sp³-hybridized carbons (Fsp3) is 0.625. The highest BCUT2D eigenvalue weighted by atomic mass is 16.6. The van der Waals surface area contributed by atoms with Crippen LogP contribution in [-0.4, -0.2) is 47.3 Å². The average Bonchev–Trinajstić information content (AvgIpc) is 2.45. The van der Waals surface area contributed by atoms with Gasteiger partial charge in [0.05, 0.1) is 0 Å². The summed E-state index contributed by atoms with van der Waals surface area (Å²) in [7, 11) is 0. The Kier molecular flexibility index (Phi) is 5.17. The summed E-state index contributed by atoms with van der Waals surface area (Å²) in [5.74, 6) is 0. The minimum atomic E-state index is -0.437.